The number of carbonyl (C=O) groups excluding carboxylic acids is 2. The molecule has 0 unspecified atom stereocenters. The lowest BCUT2D eigenvalue weighted by atomic mass is 10.2. The molecule has 3 aromatic rings. The van der Waals surface area contributed by atoms with Gasteiger partial charge in [-0.3, -0.25) is 9.59 Å². The van der Waals surface area contributed by atoms with Gasteiger partial charge < -0.3 is 16.0 Å². The molecule has 0 saturated heterocycles. The van der Waals surface area contributed by atoms with Crippen LogP contribution in [0.25, 0.3) is 0 Å². The second-order valence-electron chi connectivity index (χ2n) is 5.63. The van der Waals surface area contributed by atoms with Gasteiger partial charge in [0.05, 0.1) is 11.3 Å². The fraction of sp³-hybridized carbons (Fsp3) is 0. The number of nitriles is 1. The molecule has 6 heteroatoms. The molecule has 3 N–H and O–H groups in total. The highest BCUT2D eigenvalue weighted by Crippen LogP contribution is 2.19. The number of hydrogen-bond donors (Lipinski definition) is 3. The van der Waals surface area contributed by atoms with E-state index in [0.717, 1.165) is 11.4 Å². The standard InChI is InChI=1S/C21H16N4O2/c22-14-15-6-4-5-9-19(15)25-21(27)20(26)24-18-12-10-17(11-13-18)23-16-7-2-1-3-8-16/h1-13,23H,(H,24,26)(H,25,27). The van der Waals surface area contributed by atoms with Crippen LogP contribution in [0, 0.1) is 11.3 Å². The molecular weight excluding hydrogens is 340 g/mol. The predicted molar refractivity (Wildman–Crippen MR) is 105 cm³/mol. The zero-order valence-electron chi connectivity index (χ0n) is 14.3. The minimum Gasteiger partial charge on any atom is -0.356 e. The molecule has 2 amide bonds. The van der Waals surface area contributed by atoms with Crippen LogP contribution in [0.3, 0.4) is 0 Å². The summed E-state index contributed by atoms with van der Waals surface area (Å²) in [6, 6.07) is 25.1. The van der Waals surface area contributed by atoms with Crippen LogP contribution < -0.4 is 16.0 Å². The van der Waals surface area contributed by atoms with Crippen molar-refractivity contribution in [2.24, 2.45) is 0 Å². The van der Waals surface area contributed by atoms with Crippen LogP contribution in [0.15, 0.2) is 78.9 Å². The van der Waals surface area contributed by atoms with Gasteiger partial charge in [0.2, 0.25) is 0 Å². The lowest BCUT2D eigenvalue weighted by Crippen LogP contribution is -2.29. The third-order valence-corrected chi connectivity index (χ3v) is 3.71. The van der Waals surface area contributed by atoms with Crippen LogP contribution in [0.1, 0.15) is 5.56 Å². The van der Waals surface area contributed by atoms with E-state index in [-0.39, 0.29) is 5.56 Å². The number of para-hydroxylation sites is 2. The molecule has 0 fully saturated rings. The maximum Gasteiger partial charge on any atom is 0.314 e. The minimum atomic E-state index is -0.843. The number of carbonyl (C=O) groups is 2. The number of nitrogens with zero attached hydrogens (tertiary/aromatic N) is 1. The van der Waals surface area contributed by atoms with E-state index in [1.807, 2.05) is 36.4 Å². The molecule has 0 aliphatic rings. The Hall–Kier alpha value is -4.11. The summed E-state index contributed by atoms with van der Waals surface area (Å²) < 4.78 is 0. The Morgan fingerprint density at radius 1 is 0.667 bits per heavy atom. The Morgan fingerprint density at radius 2 is 1.22 bits per heavy atom. The Balaban J connectivity index is 1.60. The van der Waals surface area contributed by atoms with E-state index in [4.69, 9.17) is 5.26 Å². The molecule has 0 aliphatic heterocycles. The number of rotatable bonds is 4. The molecule has 0 saturated carbocycles. The van der Waals surface area contributed by atoms with E-state index >= 15 is 0 Å². The summed E-state index contributed by atoms with van der Waals surface area (Å²) in [6.07, 6.45) is 0. The molecule has 0 aliphatic carbocycles. The normalized spacial score (nSPS) is 9.74. The van der Waals surface area contributed by atoms with E-state index in [2.05, 4.69) is 16.0 Å². The molecule has 0 aromatic heterocycles. The first-order chi connectivity index (χ1) is 13.2. The maximum atomic E-state index is 12.1. The van der Waals surface area contributed by atoms with Crippen molar-refractivity contribution in [1.29, 1.82) is 5.26 Å². The minimum absolute atomic E-state index is 0.287. The molecule has 0 bridgehead atoms. The fourth-order valence-electron chi connectivity index (χ4n) is 2.38. The first kappa shape index (κ1) is 17.7. The zero-order valence-corrected chi connectivity index (χ0v) is 14.3. The number of anilines is 4. The molecule has 132 valence electrons. The summed E-state index contributed by atoms with van der Waals surface area (Å²) in [5.41, 5.74) is 2.87. The van der Waals surface area contributed by atoms with Crippen LogP contribution in [0.4, 0.5) is 22.7 Å². The average Bonchev–Trinajstić information content (AvgIpc) is 2.70. The van der Waals surface area contributed by atoms with E-state index < -0.39 is 11.8 Å². The van der Waals surface area contributed by atoms with Crippen molar-refractivity contribution in [3.8, 4) is 6.07 Å². The molecular formula is C21H16N4O2. The van der Waals surface area contributed by atoms with Gasteiger partial charge in [0.15, 0.2) is 0 Å². The molecule has 0 heterocycles. The monoisotopic (exact) mass is 356 g/mol. The van der Waals surface area contributed by atoms with Gasteiger partial charge in [0.1, 0.15) is 6.07 Å². The lowest BCUT2D eigenvalue weighted by Gasteiger charge is -2.09. The average molecular weight is 356 g/mol. The van der Waals surface area contributed by atoms with Crippen molar-refractivity contribution >= 4 is 34.6 Å². The smallest absolute Gasteiger partial charge is 0.314 e. The van der Waals surface area contributed by atoms with Gasteiger partial charge in [-0.25, -0.2) is 0 Å². The van der Waals surface area contributed by atoms with Gasteiger partial charge in [-0.2, -0.15) is 5.26 Å². The van der Waals surface area contributed by atoms with Gasteiger partial charge in [0.25, 0.3) is 0 Å². The van der Waals surface area contributed by atoms with Crippen molar-refractivity contribution in [1.82, 2.24) is 0 Å². The Labute approximate surface area is 156 Å². The molecule has 27 heavy (non-hydrogen) atoms. The summed E-state index contributed by atoms with van der Waals surface area (Å²) in [6.45, 7) is 0. The molecule has 3 aromatic carbocycles. The second-order valence-corrected chi connectivity index (χ2v) is 5.63. The highest BCUT2D eigenvalue weighted by molar-refractivity contribution is 6.43. The van der Waals surface area contributed by atoms with Gasteiger partial charge in [-0.1, -0.05) is 30.3 Å². The maximum absolute atomic E-state index is 12.1. The topological polar surface area (TPSA) is 94.0 Å². The highest BCUT2D eigenvalue weighted by Gasteiger charge is 2.15. The Bertz CT molecular complexity index is 993. The summed E-state index contributed by atoms with van der Waals surface area (Å²) >= 11 is 0. The van der Waals surface area contributed by atoms with Crippen molar-refractivity contribution < 1.29 is 9.59 Å². The van der Waals surface area contributed by atoms with Crippen molar-refractivity contribution in [3.05, 3.63) is 84.4 Å². The number of amides is 2. The molecule has 3 rings (SSSR count). The fourth-order valence-corrected chi connectivity index (χ4v) is 2.38. The summed E-state index contributed by atoms with van der Waals surface area (Å²) in [7, 11) is 0. The first-order valence-electron chi connectivity index (χ1n) is 8.19. The second kappa shape index (κ2) is 8.32. The Morgan fingerprint density at radius 3 is 1.93 bits per heavy atom. The van der Waals surface area contributed by atoms with Gasteiger partial charge in [-0.15, -0.1) is 0 Å². The van der Waals surface area contributed by atoms with Crippen LogP contribution in [-0.4, -0.2) is 11.8 Å². The van der Waals surface area contributed by atoms with Crippen LogP contribution in [0.5, 0.6) is 0 Å². The summed E-state index contributed by atoms with van der Waals surface area (Å²) in [5, 5.41) is 17.2. The Kier molecular flexibility index (Phi) is 5.45. The van der Waals surface area contributed by atoms with Gasteiger partial charge in [0, 0.05) is 17.1 Å². The summed E-state index contributed by atoms with van der Waals surface area (Å²) in [4.78, 5) is 24.1. The van der Waals surface area contributed by atoms with Crippen LogP contribution in [-0.2, 0) is 9.59 Å². The van der Waals surface area contributed by atoms with E-state index in [0.29, 0.717) is 11.4 Å². The number of benzene rings is 3. The lowest BCUT2D eigenvalue weighted by molar-refractivity contribution is -0.133. The number of nitrogens with one attached hydrogen (secondary N) is 3. The highest BCUT2D eigenvalue weighted by atomic mass is 16.2. The summed E-state index contributed by atoms with van der Waals surface area (Å²) in [5.74, 6) is -1.66. The predicted octanol–water partition coefficient (Wildman–Crippen LogP) is 3.88. The van der Waals surface area contributed by atoms with Crippen molar-refractivity contribution in [3.63, 3.8) is 0 Å². The van der Waals surface area contributed by atoms with Gasteiger partial charge in [-0.05, 0) is 48.5 Å². The quantitative estimate of drug-likeness (QED) is 0.618. The largest absolute Gasteiger partial charge is 0.356 e. The SMILES string of the molecule is N#Cc1ccccc1NC(=O)C(=O)Nc1ccc(Nc2ccccc2)cc1. The first-order valence-corrected chi connectivity index (χ1v) is 8.19. The van der Waals surface area contributed by atoms with Gasteiger partial charge >= 0.3 is 11.8 Å². The van der Waals surface area contributed by atoms with E-state index in [1.165, 1.54) is 0 Å². The number of hydrogen-bond acceptors (Lipinski definition) is 4. The van der Waals surface area contributed by atoms with Crippen molar-refractivity contribution in [2.75, 3.05) is 16.0 Å². The molecule has 6 nitrogen and oxygen atoms in total. The van der Waals surface area contributed by atoms with E-state index in [9.17, 15) is 9.59 Å². The molecule has 0 radical (unpaired) electrons. The third-order valence-electron chi connectivity index (χ3n) is 3.71. The van der Waals surface area contributed by atoms with Crippen LogP contribution >= 0.6 is 0 Å². The van der Waals surface area contributed by atoms with Crippen LogP contribution in [0.2, 0.25) is 0 Å². The zero-order chi connectivity index (χ0) is 19.1. The molecule has 0 atom stereocenters. The molecule has 0 spiro atoms. The van der Waals surface area contributed by atoms with E-state index in [1.54, 1.807) is 48.5 Å². The van der Waals surface area contributed by atoms with Crippen molar-refractivity contribution in [2.45, 2.75) is 0 Å². The third kappa shape index (κ3) is 4.71.